The van der Waals surface area contributed by atoms with E-state index in [-0.39, 0.29) is 30.1 Å². The summed E-state index contributed by atoms with van der Waals surface area (Å²) in [7, 11) is 0. The van der Waals surface area contributed by atoms with E-state index in [1.165, 1.54) is 11.6 Å². The minimum absolute atomic E-state index is 0.136. The molecule has 3 atom stereocenters. The minimum Gasteiger partial charge on any atom is -0.350 e. The second kappa shape index (κ2) is 8.70. The van der Waals surface area contributed by atoms with Crippen molar-refractivity contribution >= 4 is 34.8 Å². The lowest BCUT2D eigenvalue weighted by Gasteiger charge is -2.27. The number of rotatable bonds is 5. The van der Waals surface area contributed by atoms with Crippen molar-refractivity contribution in [3.05, 3.63) is 75.9 Å². The Bertz CT molecular complexity index is 1260. The standard InChI is InChI=1S/C24H19ClF3N3O2S/c25-17-6-2-4-14(8-17)22(32)29-10-19-18-9-15(18)11-31(19)23(33)20-21(34-12-30-20)13-3-1-5-16(7-13)24(26,27)28/h1-8,12,15,18-19H,9-11H2,(H,29,32)/t15-,18?,19+/m0/s1. The van der Waals surface area contributed by atoms with Gasteiger partial charge < -0.3 is 10.2 Å². The van der Waals surface area contributed by atoms with Crippen LogP contribution in [0.5, 0.6) is 0 Å². The highest BCUT2D eigenvalue weighted by Gasteiger charge is 2.54. The van der Waals surface area contributed by atoms with E-state index in [1.54, 1.807) is 35.2 Å². The Morgan fingerprint density at radius 2 is 1.97 bits per heavy atom. The maximum atomic E-state index is 13.4. The zero-order chi connectivity index (χ0) is 24.0. The maximum absolute atomic E-state index is 13.4. The zero-order valence-corrected chi connectivity index (χ0v) is 19.3. The molecule has 2 heterocycles. The molecule has 3 aromatic rings. The SMILES string of the molecule is O=C(NC[C@@H]1C2C[C@H]2CN1C(=O)c1ncsc1-c1cccc(C(F)(F)F)c1)c1cccc(Cl)c1. The first-order valence-electron chi connectivity index (χ1n) is 10.7. The summed E-state index contributed by atoms with van der Waals surface area (Å²) in [6.45, 7) is 0.821. The van der Waals surface area contributed by atoms with Gasteiger partial charge in [0, 0.05) is 23.7 Å². The van der Waals surface area contributed by atoms with Crippen molar-refractivity contribution in [1.29, 1.82) is 0 Å². The minimum atomic E-state index is -4.48. The van der Waals surface area contributed by atoms with Crippen molar-refractivity contribution in [2.45, 2.75) is 18.6 Å². The first kappa shape index (κ1) is 22.9. The van der Waals surface area contributed by atoms with Crippen LogP contribution in [-0.2, 0) is 6.18 Å². The van der Waals surface area contributed by atoms with Crippen LogP contribution in [0.1, 0.15) is 32.8 Å². The van der Waals surface area contributed by atoms with Gasteiger partial charge in [0.1, 0.15) is 5.69 Å². The number of carbonyl (C=O) groups excluding carboxylic acids is 2. The molecule has 1 aliphatic heterocycles. The van der Waals surface area contributed by atoms with Crippen LogP contribution >= 0.6 is 22.9 Å². The van der Waals surface area contributed by atoms with Crippen molar-refractivity contribution in [2.75, 3.05) is 13.1 Å². The van der Waals surface area contributed by atoms with Crippen LogP contribution in [0.15, 0.2) is 54.0 Å². The number of halogens is 4. The van der Waals surface area contributed by atoms with Crippen molar-refractivity contribution < 1.29 is 22.8 Å². The van der Waals surface area contributed by atoms with Gasteiger partial charge in [-0.05, 0) is 54.2 Å². The molecule has 5 nitrogen and oxygen atoms in total. The maximum Gasteiger partial charge on any atom is 0.416 e. The van der Waals surface area contributed by atoms with E-state index >= 15 is 0 Å². The molecule has 5 rings (SSSR count). The van der Waals surface area contributed by atoms with Crippen molar-refractivity contribution in [2.24, 2.45) is 11.8 Å². The first-order valence-corrected chi connectivity index (χ1v) is 11.9. The molecule has 1 aliphatic carbocycles. The van der Waals surface area contributed by atoms with Gasteiger partial charge in [0.05, 0.1) is 22.0 Å². The molecule has 1 aromatic heterocycles. The fourth-order valence-corrected chi connectivity index (χ4v) is 5.54. The number of hydrogen-bond acceptors (Lipinski definition) is 4. The fraction of sp³-hybridized carbons (Fsp3) is 0.292. The summed E-state index contributed by atoms with van der Waals surface area (Å²) < 4.78 is 39.5. The number of likely N-dealkylation sites (tertiary alicyclic amines) is 1. The number of hydrogen-bond donors (Lipinski definition) is 1. The number of thiazole rings is 1. The number of benzene rings is 2. The van der Waals surface area contributed by atoms with E-state index < -0.39 is 11.7 Å². The lowest BCUT2D eigenvalue weighted by molar-refractivity contribution is -0.137. The Kier molecular flexibility index (Phi) is 5.85. The number of carbonyl (C=O) groups is 2. The molecule has 0 spiro atoms. The monoisotopic (exact) mass is 505 g/mol. The van der Waals surface area contributed by atoms with Crippen LogP contribution in [0.25, 0.3) is 10.4 Å². The van der Waals surface area contributed by atoms with E-state index in [9.17, 15) is 22.8 Å². The molecular weight excluding hydrogens is 487 g/mol. The number of alkyl halides is 3. The molecule has 0 radical (unpaired) electrons. The molecule has 1 N–H and O–H groups in total. The van der Waals surface area contributed by atoms with Crippen LogP contribution in [0.4, 0.5) is 13.2 Å². The first-order chi connectivity index (χ1) is 16.2. The topological polar surface area (TPSA) is 62.3 Å². The molecular formula is C24H19ClF3N3O2S. The highest BCUT2D eigenvalue weighted by molar-refractivity contribution is 7.13. The number of piperidine rings is 1. The number of nitrogens with zero attached hydrogens (tertiary/aromatic N) is 2. The molecule has 1 saturated heterocycles. The molecule has 2 fully saturated rings. The summed E-state index contributed by atoms with van der Waals surface area (Å²) in [5, 5.41) is 3.35. The number of fused-ring (bicyclic) bond motifs is 1. The lowest BCUT2D eigenvalue weighted by atomic mass is 10.1. The molecule has 0 bridgehead atoms. The average Bonchev–Trinajstić information content (AvgIpc) is 3.24. The van der Waals surface area contributed by atoms with E-state index in [1.807, 2.05) is 0 Å². The van der Waals surface area contributed by atoms with Gasteiger partial charge in [0.2, 0.25) is 0 Å². The predicted molar refractivity (Wildman–Crippen MR) is 123 cm³/mol. The predicted octanol–water partition coefficient (Wildman–Crippen LogP) is 5.37. The van der Waals surface area contributed by atoms with E-state index in [0.717, 1.165) is 29.9 Å². The number of aromatic nitrogens is 1. The summed E-state index contributed by atoms with van der Waals surface area (Å²) in [5.41, 5.74) is 1.56. The second-order valence-electron chi connectivity index (χ2n) is 8.51. The molecule has 2 aliphatic rings. The Morgan fingerprint density at radius 3 is 2.74 bits per heavy atom. The van der Waals surface area contributed by atoms with Gasteiger partial charge >= 0.3 is 6.18 Å². The Balaban J connectivity index is 1.34. The smallest absolute Gasteiger partial charge is 0.350 e. The fourth-order valence-electron chi connectivity index (χ4n) is 4.57. The molecule has 1 saturated carbocycles. The molecule has 2 amide bonds. The van der Waals surface area contributed by atoms with E-state index in [4.69, 9.17) is 11.6 Å². The summed E-state index contributed by atoms with van der Waals surface area (Å²) >= 11 is 7.10. The van der Waals surface area contributed by atoms with Gasteiger partial charge in [-0.25, -0.2) is 4.98 Å². The summed E-state index contributed by atoms with van der Waals surface area (Å²) in [6, 6.07) is 11.3. The third kappa shape index (κ3) is 4.42. The van der Waals surface area contributed by atoms with Crippen LogP contribution in [0.3, 0.4) is 0 Å². The largest absolute Gasteiger partial charge is 0.416 e. The van der Waals surface area contributed by atoms with E-state index in [2.05, 4.69) is 10.3 Å². The number of amides is 2. The second-order valence-corrected chi connectivity index (χ2v) is 9.80. The van der Waals surface area contributed by atoms with Crippen LogP contribution < -0.4 is 5.32 Å². The normalized spacial score (nSPS) is 21.3. The van der Waals surface area contributed by atoms with Crippen LogP contribution in [0, 0.1) is 11.8 Å². The lowest BCUT2D eigenvalue weighted by Crippen LogP contribution is -2.45. The molecule has 2 aromatic carbocycles. The average molecular weight is 506 g/mol. The summed E-state index contributed by atoms with van der Waals surface area (Å²) in [4.78, 5) is 32.3. The van der Waals surface area contributed by atoms with Gasteiger partial charge in [0.25, 0.3) is 11.8 Å². The van der Waals surface area contributed by atoms with Gasteiger partial charge in [-0.3, -0.25) is 9.59 Å². The highest BCUT2D eigenvalue weighted by Crippen LogP contribution is 2.50. The zero-order valence-electron chi connectivity index (χ0n) is 17.7. The Labute approximate surface area is 202 Å². The van der Waals surface area contributed by atoms with Gasteiger partial charge in [-0.15, -0.1) is 11.3 Å². The number of nitrogens with one attached hydrogen (secondary N) is 1. The highest BCUT2D eigenvalue weighted by atomic mass is 35.5. The van der Waals surface area contributed by atoms with Crippen molar-refractivity contribution in [3.63, 3.8) is 0 Å². The molecule has 10 heteroatoms. The van der Waals surface area contributed by atoms with Crippen LogP contribution in [-0.4, -0.2) is 40.8 Å². The summed E-state index contributed by atoms with van der Waals surface area (Å²) in [5.74, 6) is 0.0482. The van der Waals surface area contributed by atoms with Gasteiger partial charge in [-0.2, -0.15) is 13.2 Å². The third-order valence-electron chi connectivity index (χ3n) is 6.34. The Morgan fingerprint density at radius 1 is 1.18 bits per heavy atom. The molecule has 34 heavy (non-hydrogen) atoms. The van der Waals surface area contributed by atoms with Gasteiger partial charge in [-0.1, -0.05) is 29.8 Å². The van der Waals surface area contributed by atoms with E-state index in [0.29, 0.717) is 39.4 Å². The molecule has 1 unspecified atom stereocenters. The van der Waals surface area contributed by atoms with Crippen molar-refractivity contribution in [3.8, 4) is 10.4 Å². The van der Waals surface area contributed by atoms with Crippen molar-refractivity contribution in [1.82, 2.24) is 15.2 Å². The Hall–Kier alpha value is -2.91. The van der Waals surface area contributed by atoms with Gasteiger partial charge in [0.15, 0.2) is 0 Å². The third-order valence-corrected chi connectivity index (χ3v) is 7.46. The molecule has 176 valence electrons. The quantitative estimate of drug-likeness (QED) is 0.507. The summed E-state index contributed by atoms with van der Waals surface area (Å²) in [6.07, 6.45) is -3.49. The van der Waals surface area contributed by atoms with Crippen LogP contribution in [0.2, 0.25) is 5.02 Å².